The third-order valence-corrected chi connectivity index (χ3v) is 4.51. The number of aliphatic carboxylic acids is 1. The van der Waals surface area contributed by atoms with Crippen LogP contribution in [0.25, 0.3) is 0 Å². The van der Waals surface area contributed by atoms with Crippen LogP contribution < -0.4 is 0 Å². The van der Waals surface area contributed by atoms with Gasteiger partial charge in [0.1, 0.15) is 0 Å². The van der Waals surface area contributed by atoms with Crippen LogP contribution in [0.2, 0.25) is 0 Å². The molecule has 2 aliphatic carbocycles. The molecule has 4 atom stereocenters. The molecular weight excluding hydrogens is 180 g/mol. The van der Waals surface area contributed by atoms with Crippen molar-refractivity contribution in [1.82, 2.24) is 0 Å². The fourth-order valence-electron chi connectivity index (χ4n) is 3.97. The summed E-state index contributed by atoms with van der Waals surface area (Å²) in [5.41, 5.74) is -0.255. The van der Waals surface area contributed by atoms with Crippen LogP contribution in [0, 0.1) is 17.8 Å². The molecule has 78 valence electrons. The molecule has 0 amide bonds. The zero-order valence-electron chi connectivity index (χ0n) is 8.24. The van der Waals surface area contributed by atoms with Gasteiger partial charge >= 0.3 is 5.97 Å². The molecule has 1 saturated heterocycles. The molecule has 2 bridgehead atoms. The molecule has 1 aliphatic heterocycles. The van der Waals surface area contributed by atoms with E-state index >= 15 is 0 Å². The van der Waals surface area contributed by atoms with Gasteiger partial charge in [-0.2, -0.15) is 0 Å². The molecule has 2 saturated carbocycles. The maximum Gasteiger partial charge on any atom is 0.309 e. The predicted octanol–water partition coefficient (Wildman–Crippen LogP) is 1.67. The van der Waals surface area contributed by atoms with Gasteiger partial charge in [-0.3, -0.25) is 4.79 Å². The topological polar surface area (TPSA) is 46.5 Å². The summed E-state index contributed by atoms with van der Waals surface area (Å²) in [5.74, 6) is 0.420. The van der Waals surface area contributed by atoms with E-state index < -0.39 is 5.97 Å². The molecule has 1 N–H and O–H groups in total. The average molecular weight is 196 g/mol. The van der Waals surface area contributed by atoms with Crippen LogP contribution in [-0.2, 0) is 9.53 Å². The Bertz CT molecular complexity index is 276. The molecule has 0 aromatic rings. The van der Waals surface area contributed by atoms with E-state index in [4.69, 9.17) is 4.74 Å². The summed E-state index contributed by atoms with van der Waals surface area (Å²) in [4.78, 5) is 11.2. The van der Waals surface area contributed by atoms with E-state index in [-0.39, 0.29) is 11.5 Å². The lowest BCUT2D eigenvalue weighted by atomic mass is 9.75. The van der Waals surface area contributed by atoms with Gasteiger partial charge in [0.25, 0.3) is 0 Å². The Hall–Kier alpha value is -0.570. The Morgan fingerprint density at radius 1 is 1.36 bits per heavy atom. The maximum atomic E-state index is 11.2. The van der Waals surface area contributed by atoms with Crippen molar-refractivity contribution in [3.05, 3.63) is 0 Å². The quantitative estimate of drug-likeness (QED) is 0.693. The van der Waals surface area contributed by atoms with E-state index in [1.165, 1.54) is 19.3 Å². The van der Waals surface area contributed by atoms with Crippen molar-refractivity contribution in [2.45, 2.75) is 37.7 Å². The zero-order chi connectivity index (χ0) is 9.76. The van der Waals surface area contributed by atoms with Gasteiger partial charge in [0, 0.05) is 6.61 Å². The lowest BCUT2D eigenvalue weighted by Crippen LogP contribution is -2.44. The minimum absolute atomic E-state index is 0.224. The summed E-state index contributed by atoms with van der Waals surface area (Å²) in [6.07, 6.45) is 5.42. The predicted molar refractivity (Wildman–Crippen MR) is 49.9 cm³/mol. The van der Waals surface area contributed by atoms with E-state index in [1.54, 1.807) is 0 Å². The number of carbonyl (C=O) groups is 1. The SMILES string of the molecule is O=C(O)C1CCOC12CC1CCC2C1. The third kappa shape index (κ3) is 0.937. The van der Waals surface area contributed by atoms with E-state index in [2.05, 4.69) is 0 Å². The fourth-order valence-corrected chi connectivity index (χ4v) is 3.97. The fraction of sp³-hybridized carbons (Fsp3) is 0.909. The first-order valence-corrected chi connectivity index (χ1v) is 5.59. The molecule has 3 aliphatic rings. The van der Waals surface area contributed by atoms with Gasteiger partial charge in [0.2, 0.25) is 0 Å². The lowest BCUT2D eigenvalue weighted by Gasteiger charge is -2.36. The van der Waals surface area contributed by atoms with E-state index in [9.17, 15) is 9.90 Å². The molecule has 3 fully saturated rings. The van der Waals surface area contributed by atoms with Crippen LogP contribution in [0.4, 0.5) is 0 Å². The first-order valence-electron chi connectivity index (χ1n) is 5.59. The molecule has 14 heavy (non-hydrogen) atoms. The van der Waals surface area contributed by atoms with Gasteiger partial charge in [-0.05, 0) is 43.9 Å². The van der Waals surface area contributed by atoms with E-state index in [0.29, 0.717) is 12.5 Å². The maximum absolute atomic E-state index is 11.2. The van der Waals surface area contributed by atoms with Crippen LogP contribution in [0.3, 0.4) is 0 Å². The molecule has 1 heterocycles. The number of rotatable bonds is 1. The zero-order valence-corrected chi connectivity index (χ0v) is 8.24. The first kappa shape index (κ1) is 8.72. The summed E-state index contributed by atoms with van der Waals surface area (Å²) < 4.78 is 5.83. The minimum atomic E-state index is -0.643. The van der Waals surface area contributed by atoms with Crippen molar-refractivity contribution in [2.24, 2.45) is 17.8 Å². The first-order chi connectivity index (χ1) is 6.72. The Morgan fingerprint density at radius 2 is 2.21 bits per heavy atom. The van der Waals surface area contributed by atoms with Crippen LogP contribution in [-0.4, -0.2) is 23.3 Å². The monoisotopic (exact) mass is 196 g/mol. The second kappa shape index (κ2) is 2.72. The molecule has 1 spiro atoms. The van der Waals surface area contributed by atoms with Crippen LogP contribution in [0.15, 0.2) is 0 Å². The normalized spacial score (nSPS) is 50.4. The lowest BCUT2D eigenvalue weighted by molar-refractivity contribution is -0.152. The van der Waals surface area contributed by atoms with Crippen LogP contribution in [0.1, 0.15) is 32.1 Å². The highest BCUT2D eigenvalue weighted by atomic mass is 16.5. The van der Waals surface area contributed by atoms with Crippen molar-refractivity contribution in [3.8, 4) is 0 Å². The Labute approximate surface area is 83.4 Å². The Morgan fingerprint density at radius 3 is 2.79 bits per heavy atom. The molecule has 3 heteroatoms. The highest BCUT2D eigenvalue weighted by Gasteiger charge is 2.60. The standard InChI is InChI=1S/C11H16O3/c12-10(13)9-3-4-14-11(9)6-7-1-2-8(11)5-7/h7-9H,1-6H2,(H,12,13). The van der Waals surface area contributed by atoms with Gasteiger partial charge in [-0.15, -0.1) is 0 Å². The summed E-state index contributed by atoms with van der Waals surface area (Å²) in [7, 11) is 0. The third-order valence-electron chi connectivity index (χ3n) is 4.51. The summed E-state index contributed by atoms with van der Waals surface area (Å²) in [5, 5.41) is 9.19. The van der Waals surface area contributed by atoms with Crippen molar-refractivity contribution in [3.63, 3.8) is 0 Å². The molecule has 0 aromatic carbocycles. The number of hydrogen-bond donors (Lipinski definition) is 1. The van der Waals surface area contributed by atoms with Gasteiger partial charge in [0.05, 0.1) is 11.5 Å². The highest BCUT2D eigenvalue weighted by Crippen LogP contribution is 2.58. The highest BCUT2D eigenvalue weighted by molar-refractivity contribution is 5.72. The Kier molecular flexibility index (Phi) is 1.69. The number of hydrogen-bond acceptors (Lipinski definition) is 2. The second-order valence-electron chi connectivity index (χ2n) is 5.06. The summed E-state index contributed by atoms with van der Waals surface area (Å²) in [6.45, 7) is 0.653. The smallest absolute Gasteiger partial charge is 0.309 e. The molecular formula is C11H16O3. The van der Waals surface area contributed by atoms with Crippen molar-refractivity contribution in [2.75, 3.05) is 6.61 Å². The molecule has 3 nitrogen and oxygen atoms in total. The Balaban J connectivity index is 1.92. The number of carboxylic acid groups (broad SMARTS) is 1. The molecule has 0 aromatic heterocycles. The van der Waals surface area contributed by atoms with E-state index in [0.717, 1.165) is 18.8 Å². The number of fused-ring (bicyclic) bond motifs is 3. The van der Waals surface area contributed by atoms with Gasteiger partial charge in [-0.1, -0.05) is 0 Å². The summed E-state index contributed by atoms with van der Waals surface area (Å²) >= 11 is 0. The largest absolute Gasteiger partial charge is 0.481 e. The van der Waals surface area contributed by atoms with Crippen LogP contribution >= 0.6 is 0 Å². The number of ether oxygens (including phenoxy) is 1. The van der Waals surface area contributed by atoms with Gasteiger partial charge < -0.3 is 9.84 Å². The summed E-state index contributed by atoms with van der Waals surface area (Å²) in [6, 6.07) is 0. The number of carboxylic acids is 1. The van der Waals surface area contributed by atoms with Crippen LogP contribution in [0.5, 0.6) is 0 Å². The molecule has 0 radical (unpaired) electrons. The average Bonchev–Trinajstić information content (AvgIpc) is 2.79. The second-order valence-corrected chi connectivity index (χ2v) is 5.06. The van der Waals surface area contributed by atoms with Crippen molar-refractivity contribution in [1.29, 1.82) is 0 Å². The van der Waals surface area contributed by atoms with Gasteiger partial charge in [-0.25, -0.2) is 0 Å². The van der Waals surface area contributed by atoms with Gasteiger partial charge in [0.15, 0.2) is 0 Å². The van der Waals surface area contributed by atoms with Crippen molar-refractivity contribution >= 4 is 5.97 Å². The minimum Gasteiger partial charge on any atom is -0.481 e. The molecule has 4 unspecified atom stereocenters. The molecule has 3 rings (SSSR count). The van der Waals surface area contributed by atoms with Crippen molar-refractivity contribution < 1.29 is 14.6 Å². The van der Waals surface area contributed by atoms with E-state index in [1.807, 2.05) is 0 Å².